The SMILES string of the molecule is CC[C@@H](C)c1c(O)ccc2c1c(OC(C)=O)c(C)n2C(=O)c1ccc(OC(F)(F)F)cc1. The van der Waals surface area contributed by atoms with Crippen molar-refractivity contribution < 1.29 is 37.3 Å². The van der Waals surface area contributed by atoms with Gasteiger partial charge in [0.25, 0.3) is 5.91 Å². The van der Waals surface area contributed by atoms with Crippen molar-refractivity contribution in [1.82, 2.24) is 4.57 Å². The molecule has 3 aromatic rings. The summed E-state index contributed by atoms with van der Waals surface area (Å²) in [4.78, 5) is 25.1. The molecular weight excluding hydrogens is 427 g/mol. The fraction of sp³-hybridized carbons (Fsp3) is 0.304. The Balaban J connectivity index is 2.19. The number of ether oxygens (including phenoxy) is 2. The molecule has 32 heavy (non-hydrogen) atoms. The number of rotatable bonds is 5. The number of aromatic nitrogens is 1. The lowest BCUT2D eigenvalue weighted by molar-refractivity contribution is -0.274. The smallest absolute Gasteiger partial charge is 0.508 e. The molecule has 0 bridgehead atoms. The van der Waals surface area contributed by atoms with Crippen LogP contribution in [0.1, 0.15) is 54.7 Å². The molecule has 6 nitrogen and oxygen atoms in total. The van der Waals surface area contributed by atoms with Gasteiger partial charge in [-0.2, -0.15) is 0 Å². The van der Waals surface area contributed by atoms with E-state index in [4.69, 9.17) is 4.74 Å². The van der Waals surface area contributed by atoms with Gasteiger partial charge in [-0.1, -0.05) is 13.8 Å². The Kier molecular flexibility index (Phi) is 6.20. The first-order chi connectivity index (χ1) is 14.9. The third kappa shape index (κ3) is 4.42. The van der Waals surface area contributed by atoms with Gasteiger partial charge in [-0.05, 0) is 55.7 Å². The molecule has 2 aromatic carbocycles. The Morgan fingerprint density at radius 3 is 2.28 bits per heavy atom. The molecule has 0 radical (unpaired) electrons. The number of alkyl halides is 3. The van der Waals surface area contributed by atoms with Gasteiger partial charge in [-0.3, -0.25) is 14.2 Å². The van der Waals surface area contributed by atoms with Crippen LogP contribution in [0.2, 0.25) is 0 Å². The lowest BCUT2D eigenvalue weighted by Gasteiger charge is -2.14. The number of hydrogen-bond donors (Lipinski definition) is 1. The maximum Gasteiger partial charge on any atom is 0.573 e. The van der Waals surface area contributed by atoms with Gasteiger partial charge < -0.3 is 14.6 Å². The van der Waals surface area contributed by atoms with Crippen LogP contribution in [0.3, 0.4) is 0 Å². The monoisotopic (exact) mass is 449 g/mol. The van der Waals surface area contributed by atoms with Crippen molar-refractivity contribution >= 4 is 22.8 Å². The van der Waals surface area contributed by atoms with Gasteiger partial charge in [0.15, 0.2) is 5.75 Å². The van der Waals surface area contributed by atoms with Crippen LogP contribution >= 0.6 is 0 Å². The maximum absolute atomic E-state index is 13.3. The van der Waals surface area contributed by atoms with Gasteiger partial charge >= 0.3 is 12.3 Å². The van der Waals surface area contributed by atoms with Crippen LogP contribution < -0.4 is 9.47 Å². The number of aromatic hydroxyl groups is 1. The van der Waals surface area contributed by atoms with Crippen molar-refractivity contribution in [3.05, 3.63) is 53.2 Å². The summed E-state index contributed by atoms with van der Waals surface area (Å²) in [5.41, 5.74) is 1.38. The lowest BCUT2D eigenvalue weighted by atomic mass is 9.94. The maximum atomic E-state index is 13.3. The second-order valence-corrected chi connectivity index (χ2v) is 7.42. The zero-order valence-electron chi connectivity index (χ0n) is 17.9. The Labute approximate surface area is 182 Å². The van der Waals surface area contributed by atoms with Gasteiger partial charge in [0.05, 0.1) is 16.6 Å². The summed E-state index contributed by atoms with van der Waals surface area (Å²) in [7, 11) is 0. The standard InChI is InChI=1S/C23H22F3NO5/c1-5-12(2)19-18(29)11-10-17-20(19)21(31-14(4)28)13(3)27(17)22(30)15-6-8-16(9-7-15)32-23(24,25)26/h6-12,29H,5H2,1-4H3/t12-/m1/s1. The van der Waals surface area contributed by atoms with E-state index in [2.05, 4.69) is 4.74 Å². The number of phenolic OH excluding ortho intramolecular Hbond substituents is 1. The summed E-state index contributed by atoms with van der Waals surface area (Å²) in [6.07, 6.45) is -4.16. The minimum absolute atomic E-state index is 0.0125. The molecule has 0 unspecified atom stereocenters. The summed E-state index contributed by atoms with van der Waals surface area (Å²) in [5.74, 6) is -1.51. The first-order valence-corrected chi connectivity index (χ1v) is 9.90. The highest BCUT2D eigenvalue weighted by Crippen LogP contribution is 2.43. The summed E-state index contributed by atoms with van der Waals surface area (Å²) in [6, 6.07) is 7.53. The minimum Gasteiger partial charge on any atom is -0.508 e. The number of nitrogens with zero attached hydrogens (tertiary/aromatic N) is 1. The van der Waals surface area contributed by atoms with Gasteiger partial charge in [0, 0.05) is 18.1 Å². The largest absolute Gasteiger partial charge is 0.573 e. The number of halogens is 3. The highest BCUT2D eigenvalue weighted by Gasteiger charge is 2.31. The molecule has 0 aliphatic carbocycles. The first kappa shape index (κ1) is 23.2. The first-order valence-electron chi connectivity index (χ1n) is 9.90. The molecule has 1 atom stereocenters. The second kappa shape index (κ2) is 8.57. The minimum atomic E-state index is -4.84. The molecule has 9 heteroatoms. The lowest BCUT2D eigenvalue weighted by Crippen LogP contribution is -2.17. The van der Waals surface area contributed by atoms with Crippen LogP contribution in [0.15, 0.2) is 36.4 Å². The van der Waals surface area contributed by atoms with E-state index in [-0.39, 0.29) is 23.0 Å². The molecule has 0 aliphatic rings. The van der Waals surface area contributed by atoms with Gasteiger partial charge in [-0.25, -0.2) is 0 Å². The summed E-state index contributed by atoms with van der Waals surface area (Å²) >= 11 is 0. The Morgan fingerprint density at radius 1 is 1.12 bits per heavy atom. The van der Waals surface area contributed by atoms with Crippen LogP contribution in [0.25, 0.3) is 10.9 Å². The van der Waals surface area contributed by atoms with Crippen LogP contribution in [0.4, 0.5) is 13.2 Å². The van der Waals surface area contributed by atoms with Gasteiger partial charge in [0.2, 0.25) is 0 Å². The number of benzene rings is 2. The summed E-state index contributed by atoms with van der Waals surface area (Å²) < 4.78 is 47.8. The number of carbonyl (C=O) groups is 2. The van der Waals surface area contributed by atoms with E-state index in [1.165, 1.54) is 35.8 Å². The van der Waals surface area contributed by atoms with Crippen molar-refractivity contribution in [1.29, 1.82) is 0 Å². The molecule has 0 amide bonds. The number of hydrogen-bond acceptors (Lipinski definition) is 5. The molecule has 1 heterocycles. The summed E-state index contributed by atoms with van der Waals surface area (Å²) in [6.45, 7) is 6.66. The van der Waals surface area contributed by atoms with Gasteiger partial charge in [-0.15, -0.1) is 13.2 Å². The van der Waals surface area contributed by atoms with E-state index in [0.29, 0.717) is 28.6 Å². The van der Waals surface area contributed by atoms with Crippen LogP contribution in [-0.4, -0.2) is 27.9 Å². The third-order valence-corrected chi connectivity index (χ3v) is 5.22. The van der Waals surface area contributed by atoms with E-state index >= 15 is 0 Å². The van der Waals surface area contributed by atoms with Crippen molar-refractivity contribution in [2.75, 3.05) is 0 Å². The fourth-order valence-corrected chi connectivity index (χ4v) is 3.65. The molecular formula is C23H22F3NO5. The van der Waals surface area contributed by atoms with Crippen molar-refractivity contribution in [3.63, 3.8) is 0 Å². The average molecular weight is 449 g/mol. The van der Waals surface area contributed by atoms with Gasteiger partial charge in [0.1, 0.15) is 11.5 Å². The zero-order chi connectivity index (χ0) is 23.8. The van der Waals surface area contributed by atoms with E-state index in [9.17, 15) is 27.9 Å². The average Bonchev–Trinajstić information content (AvgIpc) is 2.97. The Morgan fingerprint density at radius 2 is 1.75 bits per heavy atom. The molecule has 0 saturated heterocycles. The highest BCUT2D eigenvalue weighted by molar-refractivity contribution is 6.07. The number of carbonyl (C=O) groups excluding carboxylic acids is 2. The predicted molar refractivity (Wildman–Crippen MR) is 111 cm³/mol. The van der Waals surface area contributed by atoms with Crippen LogP contribution in [0, 0.1) is 6.92 Å². The van der Waals surface area contributed by atoms with E-state index < -0.39 is 24.0 Å². The van der Waals surface area contributed by atoms with E-state index in [1.807, 2.05) is 13.8 Å². The molecule has 0 saturated carbocycles. The molecule has 1 N–H and O–H groups in total. The molecule has 0 fully saturated rings. The highest BCUT2D eigenvalue weighted by atomic mass is 19.4. The molecule has 170 valence electrons. The quantitative estimate of drug-likeness (QED) is 0.507. The van der Waals surface area contributed by atoms with Crippen LogP contribution in [0.5, 0.6) is 17.2 Å². The third-order valence-electron chi connectivity index (χ3n) is 5.22. The zero-order valence-corrected chi connectivity index (χ0v) is 17.9. The molecule has 0 spiro atoms. The van der Waals surface area contributed by atoms with Crippen molar-refractivity contribution in [3.8, 4) is 17.2 Å². The Bertz CT molecular complexity index is 1180. The van der Waals surface area contributed by atoms with Crippen molar-refractivity contribution in [2.24, 2.45) is 0 Å². The second-order valence-electron chi connectivity index (χ2n) is 7.42. The van der Waals surface area contributed by atoms with E-state index in [0.717, 1.165) is 12.1 Å². The van der Waals surface area contributed by atoms with E-state index in [1.54, 1.807) is 6.92 Å². The number of esters is 1. The normalized spacial score (nSPS) is 12.6. The predicted octanol–water partition coefficient (Wildman–Crippen LogP) is 5.68. The molecule has 1 aromatic heterocycles. The number of phenols is 1. The topological polar surface area (TPSA) is 77.8 Å². The summed E-state index contributed by atoms with van der Waals surface area (Å²) in [5, 5.41) is 10.9. The van der Waals surface area contributed by atoms with Crippen LogP contribution in [-0.2, 0) is 4.79 Å². The number of fused-ring (bicyclic) bond motifs is 1. The Hall–Kier alpha value is -3.49. The fourth-order valence-electron chi connectivity index (χ4n) is 3.65. The molecule has 0 aliphatic heterocycles. The van der Waals surface area contributed by atoms with Crippen molar-refractivity contribution in [2.45, 2.75) is 46.4 Å². The molecule has 3 rings (SSSR count).